The predicted octanol–water partition coefficient (Wildman–Crippen LogP) is 1.93. The number of nitrogens with two attached hydrogens (primary N) is 1. The molecule has 4 heterocycles. The second-order valence-corrected chi connectivity index (χ2v) is 7.06. The van der Waals surface area contributed by atoms with Crippen molar-refractivity contribution in [3.8, 4) is 5.82 Å². The summed E-state index contributed by atoms with van der Waals surface area (Å²) in [5, 5.41) is 4.46. The molecule has 1 saturated heterocycles. The van der Waals surface area contributed by atoms with E-state index in [1.807, 2.05) is 49.0 Å². The quantitative estimate of drug-likeness (QED) is 0.320. The molecule has 1 aliphatic rings. The Morgan fingerprint density at radius 2 is 1.80 bits per heavy atom. The summed E-state index contributed by atoms with van der Waals surface area (Å²) in [5.41, 5.74) is 9.26. The van der Waals surface area contributed by atoms with Crippen molar-refractivity contribution in [2.75, 3.05) is 31.1 Å². The molecule has 1 aliphatic heterocycles. The molecule has 0 radical (unpaired) electrons. The number of aromatic nitrogens is 5. The van der Waals surface area contributed by atoms with Crippen LogP contribution in [0.15, 0.2) is 47.8 Å². The van der Waals surface area contributed by atoms with Gasteiger partial charge in [0.15, 0.2) is 11.8 Å². The number of rotatable bonds is 4. The zero-order valence-electron chi connectivity index (χ0n) is 17.1. The molecule has 158 valence electrons. The molecule has 4 rings (SSSR count). The number of aliphatic imine (C=N–C) groups is 1. The number of halogens is 1. The van der Waals surface area contributed by atoms with Gasteiger partial charge in [0.2, 0.25) is 5.95 Å². The van der Waals surface area contributed by atoms with Crippen LogP contribution in [0.25, 0.3) is 5.82 Å². The van der Waals surface area contributed by atoms with Crippen LogP contribution in [-0.2, 0) is 6.54 Å². The summed E-state index contributed by atoms with van der Waals surface area (Å²) < 4.78 is 1.84. The zero-order chi connectivity index (χ0) is 20.2. The van der Waals surface area contributed by atoms with Crippen LogP contribution >= 0.6 is 24.0 Å². The Kier molecular flexibility index (Phi) is 7.19. The Hall–Kier alpha value is -2.76. The second kappa shape index (κ2) is 9.83. The van der Waals surface area contributed by atoms with Crippen LogP contribution in [0, 0.1) is 13.8 Å². The largest absolute Gasteiger partial charge is 0.370 e. The first-order valence-electron chi connectivity index (χ1n) is 9.65. The van der Waals surface area contributed by atoms with Crippen LogP contribution in [0.1, 0.15) is 17.0 Å². The first-order chi connectivity index (χ1) is 14.1. The van der Waals surface area contributed by atoms with Gasteiger partial charge in [0.05, 0.1) is 12.2 Å². The highest BCUT2D eigenvalue weighted by atomic mass is 127. The van der Waals surface area contributed by atoms with Gasteiger partial charge in [-0.25, -0.2) is 24.6 Å². The van der Waals surface area contributed by atoms with E-state index in [0.29, 0.717) is 12.5 Å². The van der Waals surface area contributed by atoms with Gasteiger partial charge in [0, 0.05) is 50.5 Å². The molecule has 0 bridgehead atoms. The van der Waals surface area contributed by atoms with Crippen molar-refractivity contribution >= 4 is 35.9 Å². The molecule has 3 aromatic heterocycles. The van der Waals surface area contributed by atoms with Crippen molar-refractivity contribution in [2.24, 2.45) is 10.7 Å². The van der Waals surface area contributed by atoms with Gasteiger partial charge in [-0.05, 0) is 37.6 Å². The summed E-state index contributed by atoms with van der Waals surface area (Å²) in [4.78, 5) is 21.9. The maximum Gasteiger partial charge on any atom is 0.225 e. The number of nitrogens with zero attached hydrogens (tertiary/aromatic N) is 8. The van der Waals surface area contributed by atoms with Crippen LogP contribution < -0.4 is 10.6 Å². The Labute approximate surface area is 193 Å². The molecule has 0 spiro atoms. The van der Waals surface area contributed by atoms with Crippen LogP contribution in [-0.4, -0.2) is 61.8 Å². The van der Waals surface area contributed by atoms with Crippen molar-refractivity contribution in [2.45, 2.75) is 20.4 Å². The van der Waals surface area contributed by atoms with Crippen LogP contribution in [0.5, 0.6) is 0 Å². The minimum absolute atomic E-state index is 0. The zero-order valence-corrected chi connectivity index (χ0v) is 19.5. The molecule has 0 aliphatic carbocycles. The van der Waals surface area contributed by atoms with E-state index in [9.17, 15) is 0 Å². The Bertz CT molecular complexity index is 977. The lowest BCUT2D eigenvalue weighted by atomic mass is 10.3. The van der Waals surface area contributed by atoms with E-state index >= 15 is 0 Å². The smallest absolute Gasteiger partial charge is 0.225 e. The Morgan fingerprint density at radius 1 is 1.07 bits per heavy atom. The van der Waals surface area contributed by atoms with Crippen molar-refractivity contribution in [1.82, 2.24) is 29.6 Å². The van der Waals surface area contributed by atoms with Crippen molar-refractivity contribution in [1.29, 1.82) is 0 Å². The normalized spacial score (nSPS) is 14.5. The minimum Gasteiger partial charge on any atom is -0.370 e. The van der Waals surface area contributed by atoms with E-state index in [1.165, 1.54) is 0 Å². The third-order valence-electron chi connectivity index (χ3n) is 4.90. The summed E-state index contributed by atoms with van der Waals surface area (Å²) in [7, 11) is 0. The number of pyridine rings is 1. The lowest BCUT2D eigenvalue weighted by Gasteiger charge is -2.35. The Morgan fingerprint density at radius 3 is 2.40 bits per heavy atom. The topological polar surface area (TPSA) is 101 Å². The van der Waals surface area contributed by atoms with Gasteiger partial charge in [-0.1, -0.05) is 6.07 Å². The molecule has 10 heteroatoms. The van der Waals surface area contributed by atoms with Crippen LogP contribution in [0.4, 0.5) is 5.95 Å². The first kappa shape index (κ1) is 21.9. The van der Waals surface area contributed by atoms with Gasteiger partial charge < -0.3 is 15.5 Å². The lowest BCUT2D eigenvalue weighted by Crippen LogP contribution is -2.51. The number of piperazine rings is 1. The summed E-state index contributed by atoms with van der Waals surface area (Å²) in [5.74, 6) is 2.12. The first-order valence-corrected chi connectivity index (χ1v) is 9.65. The van der Waals surface area contributed by atoms with Crippen molar-refractivity contribution < 1.29 is 0 Å². The standard InChI is InChI=1S/C20H25N9.HI/c1-15-12-16(2)29(26-15)18-5-4-17(13-24-18)14-25-19(21)27-8-10-28(11-9-27)20-22-6-3-7-23-20;/h3-7,12-13H,8-11,14H2,1-2H3,(H2,21,25);1H. The molecule has 1 fully saturated rings. The van der Waals surface area contributed by atoms with Gasteiger partial charge in [0.1, 0.15) is 0 Å². The summed E-state index contributed by atoms with van der Waals surface area (Å²) in [6.07, 6.45) is 5.35. The second-order valence-electron chi connectivity index (χ2n) is 7.06. The van der Waals surface area contributed by atoms with Crippen LogP contribution in [0.2, 0.25) is 0 Å². The summed E-state index contributed by atoms with van der Waals surface area (Å²) >= 11 is 0. The summed E-state index contributed by atoms with van der Waals surface area (Å²) in [6.45, 7) is 7.72. The average molecular weight is 519 g/mol. The fourth-order valence-electron chi connectivity index (χ4n) is 3.36. The molecule has 0 saturated carbocycles. The van der Waals surface area contributed by atoms with Crippen molar-refractivity contribution in [3.63, 3.8) is 0 Å². The fourth-order valence-corrected chi connectivity index (χ4v) is 3.36. The molecule has 2 N–H and O–H groups in total. The average Bonchev–Trinajstić information content (AvgIpc) is 3.11. The third kappa shape index (κ3) is 5.04. The lowest BCUT2D eigenvalue weighted by molar-refractivity contribution is 0.378. The number of hydrogen-bond acceptors (Lipinski definition) is 6. The van der Waals surface area contributed by atoms with E-state index in [1.54, 1.807) is 12.4 Å². The van der Waals surface area contributed by atoms with Gasteiger partial charge in [-0.15, -0.1) is 24.0 Å². The van der Waals surface area contributed by atoms with Gasteiger partial charge in [-0.3, -0.25) is 0 Å². The molecular weight excluding hydrogens is 493 g/mol. The van der Waals surface area contributed by atoms with Gasteiger partial charge >= 0.3 is 0 Å². The van der Waals surface area contributed by atoms with E-state index in [0.717, 1.165) is 54.9 Å². The highest BCUT2D eigenvalue weighted by molar-refractivity contribution is 14.0. The molecule has 0 unspecified atom stereocenters. The molecule has 9 nitrogen and oxygen atoms in total. The minimum atomic E-state index is 0. The van der Waals surface area contributed by atoms with Gasteiger partial charge in [0.25, 0.3) is 0 Å². The van der Waals surface area contributed by atoms with E-state index in [4.69, 9.17) is 5.73 Å². The van der Waals surface area contributed by atoms with E-state index in [2.05, 4.69) is 34.8 Å². The SMILES string of the molecule is Cc1cc(C)n(-c2ccc(CN=C(N)N3CCN(c4ncccn4)CC3)cn2)n1.I. The number of hydrogen-bond donors (Lipinski definition) is 1. The maximum atomic E-state index is 6.22. The predicted molar refractivity (Wildman–Crippen MR) is 127 cm³/mol. The summed E-state index contributed by atoms with van der Waals surface area (Å²) in [6, 6.07) is 7.83. The van der Waals surface area contributed by atoms with E-state index < -0.39 is 0 Å². The fraction of sp³-hybridized carbons (Fsp3) is 0.350. The third-order valence-corrected chi connectivity index (χ3v) is 4.90. The monoisotopic (exact) mass is 519 g/mol. The molecule has 30 heavy (non-hydrogen) atoms. The molecule has 0 aromatic carbocycles. The number of guanidine groups is 1. The highest BCUT2D eigenvalue weighted by Crippen LogP contribution is 2.12. The van der Waals surface area contributed by atoms with Gasteiger partial charge in [-0.2, -0.15) is 5.10 Å². The number of anilines is 1. The maximum absolute atomic E-state index is 6.22. The van der Waals surface area contributed by atoms with Crippen molar-refractivity contribution in [3.05, 3.63) is 59.8 Å². The molecular formula is C20H26IN9. The van der Waals surface area contributed by atoms with Crippen LogP contribution in [0.3, 0.4) is 0 Å². The molecule has 0 amide bonds. The molecule has 0 atom stereocenters. The number of aryl methyl sites for hydroxylation is 2. The van der Waals surface area contributed by atoms with E-state index in [-0.39, 0.29) is 24.0 Å². The highest BCUT2D eigenvalue weighted by Gasteiger charge is 2.19. The molecule has 3 aromatic rings. The Balaban J connectivity index is 0.00000256.